The number of rotatable bonds is 6. The minimum atomic E-state index is -0.703. The molecule has 7 heteroatoms. The van der Waals surface area contributed by atoms with Crippen LogP contribution in [-0.4, -0.2) is 26.8 Å². The summed E-state index contributed by atoms with van der Waals surface area (Å²) >= 11 is 6.02. The smallest absolute Gasteiger partial charge is 0.350 e. The van der Waals surface area contributed by atoms with Crippen molar-refractivity contribution in [1.82, 2.24) is 0 Å². The summed E-state index contributed by atoms with van der Waals surface area (Å²) in [6.45, 7) is 1.85. The summed E-state index contributed by atoms with van der Waals surface area (Å²) in [4.78, 5) is 11.5. The van der Waals surface area contributed by atoms with Crippen LogP contribution < -0.4 is 14.8 Å². The number of nitrogens with zero attached hydrogens (tertiary/aromatic N) is 1. The van der Waals surface area contributed by atoms with Gasteiger partial charge in [-0.3, -0.25) is 0 Å². The van der Waals surface area contributed by atoms with Crippen LogP contribution in [0.2, 0.25) is 5.02 Å². The van der Waals surface area contributed by atoms with Gasteiger partial charge in [0.15, 0.2) is 5.57 Å². The number of ether oxygens (including phenoxy) is 3. The Morgan fingerprint density at radius 1 is 1.38 bits per heavy atom. The van der Waals surface area contributed by atoms with Crippen molar-refractivity contribution >= 4 is 23.3 Å². The molecule has 21 heavy (non-hydrogen) atoms. The average molecular weight is 311 g/mol. The second kappa shape index (κ2) is 8.02. The van der Waals surface area contributed by atoms with E-state index in [4.69, 9.17) is 31.1 Å². The summed E-state index contributed by atoms with van der Waals surface area (Å²) in [6.07, 6.45) is 1.23. The Balaban J connectivity index is 3.04. The number of hydrogen-bond acceptors (Lipinski definition) is 6. The van der Waals surface area contributed by atoms with E-state index < -0.39 is 5.97 Å². The fourth-order valence-corrected chi connectivity index (χ4v) is 1.71. The van der Waals surface area contributed by atoms with Crippen molar-refractivity contribution in [2.45, 2.75) is 6.92 Å². The van der Waals surface area contributed by atoms with Gasteiger partial charge in [-0.1, -0.05) is 11.6 Å². The first kappa shape index (κ1) is 16.7. The van der Waals surface area contributed by atoms with Crippen LogP contribution in [0.15, 0.2) is 23.9 Å². The van der Waals surface area contributed by atoms with Crippen LogP contribution in [0.5, 0.6) is 11.5 Å². The Hall–Kier alpha value is -2.39. The number of esters is 1. The van der Waals surface area contributed by atoms with Crippen molar-refractivity contribution in [3.05, 3.63) is 28.9 Å². The molecule has 0 amide bonds. The Labute approximate surface area is 127 Å². The monoisotopic (exact) mass is 310 g/mol. The van der Waals surface area contributed by atoms with Crippen molar-refractivity contribution in [3.63, 3.8) is 0 Å². The van der Waals surface area contributed by atoms with Gasteiger partial charge in [-0.15, -0.1) is 0 Å². The Morgan fingerprint density at radius 3 is 2.57 bits per heavy atom. The highest BCUT2D eigenvalue weighted by molar-refractivity contribution is 6.32. The van der Waals surface area contributed by atoms with Crippen LogP contribution in [0.3, 0.4) is 0 Å². The first-order valence-corrected chi connectivity index (χ1v) is 6.40. The van der Waals surface area contributed by atoms with E-state index >= 15 is 0 Å². The minimum absolute atomic E-state index is 0.161. The maximum atomic E-state index is 11.5. The second-order valence-electron chi connectivity index (χ2n) is 3.72. The molecule has 1 aromatic carbocycles. The molecule has 0 fully saturated rings. The molecule has 6 nitrogen and oxygen atoms in total. The maximum absolute atomic E-state index is 11.5. The molecule has 1 rings (SSSR count). The molecule has 0 saturated carbocycles. The first-order valence-electron chi connectivity index (χ1n) is 6.02. The molecule has 0 spiro atoms. The number of nitrogens with one attached hydrogen (secondary N) is 1. The predicted molar refractivity (Wildman–Crippen MR) is 78.5 cm³/mol. The summed E-state index contributed by atoms with van der Waals surface area (Å²) < 4.78 is 15.0. The summed E-state index contributed by atoms with van der Waals surface area (Å²) in [5.74, 6) is 0.202. The summed E-state index contributed by atoms with van der Waals surface area (Å²) in [5.41, 5.74) is 0.325. The number of hydrogen-bond donors (Lipinski definition) is 1. The molecule has 1 N–H and O–H groups in total. The highest BCUT2D eigenvalue weighted by atomic mass is 35.5. The number of nitriles is 1. The largest absolute Gasteiger partial charge is 0.495 e. The Kier molecular flexibility index (Phi) is 6.37. The van der Waals surface area contributed by atoms with Crippen molar-refractivity contribution in [1.29, 1.82) is 5.26 Å². The summed E-state index contributed by atoms with van der Waals surface area (Å²) in [6, 6.07) is 4.91. The van der Waals surface area contributed by atoms with Gasteiger partial charge in [0.25, 0.3) is 0 Å². The van der Waals surface area contributed by atoms with E-state index in [-0.39, 0.29) is 12.2 Å². The molecule has 0 unspecified atom stereocenters. The number of carbonyl (C=O) groups excluding carboxylic acids is 1. The third-order valence-electron chi connectivity index (χ3n) is 2.46. The van der Waals surface area contributed by atoms with Crippen molar-refractivity contribution in [2.24, 2.45) is 0 Å². The van der Waals surface area contributed by atoms with E-state index in [9.17, 15) is 4.79 Å². The van der Waals surface area contributed by atoms with Crippen LogP contribution in [-0.2, 0) is 9.53 Å². The van der Waals surface area contributed by atoms with E-state index in [2.05, 4.69) is 5.32 Å². The highest BCUT2D eigenvalue weighted by Gasteiger charge is 2.12. The Morgan fingerprint density at radius 2 is 2.05 bits per heavy atom. The molecular weight excluding hydrogens is 296 g/mol. The van der Waals surface area contributed by atoms with E-state index in [1.807, 2.05) is 0 Å². The van der Waals surface area contributed by atoms with Gasteiger partial charge in [-0.05, 0) is 13.0 Å². The summed E-state index contributed by atoms with van der Waals surface area (Å²) in [7, 11) is 2.97. The standard InChI is InChI=1S/C14H15ClN2O4/c1-4-21-14(18)9(7-16)8-17-11-5-10(15)12(19-2)6-13(11)20-3/h5-6,8,17H,4H2,1-3H3/b9-8+. The third kappa shape index (κ3) is 4.29. The first-order chi connectivity index (χ1) is 10.1. The van der Waals surface area contributed by atoms with Crippen LogP contribution in [0.1, 0.15) is 6.92 Å². The third-order valence-corrected chi connectivity index (χ3v) is 2.76. The number of methoxy groups -OCH3 is 2. The minimum Gasteiger partial charge on any atom is -0.495 e. The number of carbonyl (C=O) groups is 1. The maximum Gasteiger partial charge on any atom is 0.350 e. The normalized spacial score (nSPS) is 10.5. The van der Waals surface area contributed by atoms with E-state index in [1.165, 1.54) is 20.4 Å². The molecule has 1 aromatic rings. The molecule has 0 aliphatic heterocycles. The Bertz CT molecular complexity index is 593. The van der Waals surface area contributed by atoms with E-state index in [0.717, 1.165) is 0 Å². The quantitative estimate of drug-likeness (QED) is 0.494. The average Bonchev–Trinajstić information content (AvgIpc) is 2.48. The number of halogens is 1. The van der Waals surface area contributed by atoms with Gasteiger partial charge >= 0.3 is 5.97 Å². The van der Waals surface area contributed by atoms with Crippen molar-refractivity contribution < 1.29 is 19.0 Å². The molecule has 0 atom stereocenters. The van der Waals surface area contributed by atoms with E-state index in [0.29, 0.717) is 22.2 Å². The lowest BCUT2D eigenvalue weighted by atomic mass is 10.2. The topological polar surface area (TPSA) is 80.6 Å². The zero-order chi connectivity index (χ0) is 15.8. The predicted octanol–water partition coefficient (Wildman–Crippen LogP) is 2.74. The molecule has 112 valence electrons. The fraction of sp³-hybridized carbons (Fsp3) is 0.286. The SMILES string of the molecule is CCOC(=O)/C(C#N)=C/Nc1cc(Cl)c(OC)cc1OC. The van der Waals surface area contributed by atoms with Crippen LogP contribution in [0.4, 0.5) is 5.69 Å². The molecule has 0 bridgehead atoms. The lowest BCUT2D eigenvalue weighted by molar-refractivity contribution is -0.138. The zero-order valence-electron chi connectivity index (χ0n) is 11.9. The van der Waals surface area contributed by atoms with Crippen LogP contribution in [0, 0.1) is 11.3 Å². The fourth-order valence-electron chi connectivity index (χ4n) is 1.47. The van der Waals surface area contributed by atoms with Gasteiger partial charge in [0.1, 0.15) is 17.6 Å². The molecule has 0 aromatic heterocycles. The van der Waals surface area contributed by atoms with Gasteiger partial charge in [-0.25, -0.2) is 4.79 Å². The molecular formula is C14H15ClN2O4. The molecule has 0 aliphatic rings. The highest BCUT2D eigenvalue weighted by Crippen LogP contribution is 2.35. The molecule has 0 radical (unpaired) electrons. The van der Waals surface area contributed by atoms with Crippen LogP contribution in [0.25, 0.3) is 0 Å². The number of benzene rings is 1. The molecule has 0 heterocycles. The number of anilines is 1. The van der Waals surface area contributed by atoms with Crippen LogP contribution >= 0.6 is 11.6 Å². The van der Waals surface area contributed by atoms with Crippen molar-refractivity contribution in [3.8, 4) is 17.6 Å². The molecule has 0 aliphatic carbocycles. The van der Waals surface area contributed by atoms with Gasteiger partial charge < -0.3 is 19.5 Å². The van der Waals surface area contributed by atoms with Gasteiger partial charge in [0.2, 0.25) is 0 Å². The van der Waals surface area contributed by atoms with Gasteiger partial charge in [0, 0.05) is 12.3 Å². The molecule has 0 saturated heterocycles. The van der Waals surface area contributed by atoms with E-state index in [1.54, 1.807) is 25.1 Å². The van der Waals surface area contributed by atoms with Crippen molar-refractivity contribution in [2.75, 3.05) is 26.1 Å². The van der Waals surface area contributed by atoms with Gasteiger partial charge in [-0.2, -0.15) is 5.26 Å². The zero-order valence-corrected chi connectivity index (χ0v) is 12.7. The lowest BCUT2D eigenvalue weighted by Gasteiger charge is -2.12. The second-order valence-corrected chi connectivity index (χ2v) is 4.13. The summed E-state index contributed by atoms with van der Waals surface area (Å²) in [5, 5.41) is 12.1. The van der Waals surface area contributed by atoms with Gasteiger partial charge in [0.05, 0.1) is 31.5 Å². The lowest BCUT2D eigenvalue weighted by Crippen LogP contribution is -2.08.